The van der Waals surface area contributed by atoms with Gasteiger partial charge in [0.05, 0.1) is 5.56 Å². The van der Waals surface area contributed by atoms with Crippen molar-refractivity contribution < 1.29 is 13.2 Å². The first-order chi connectivity index (χ1) is 9.49. The number of nitrogens with zero attached hydrogens (tertiary/aromatic N) is 1. The minimum Gasteiger partial charge on any atom is -0.340 e. The van der Waals surface area contributed by atoms with Crippen molar-refractivity contribution in [1.29, 1.82) is 0 Å². The Morgan fingerprint density at radius 3 is 2.25 bits per heavy atom. The Kier molecular flexibility index (Phi) is 4.51. The lowest BCUT2D eigenvalue weighted by molar-refractivity contribution is -0.137. The molecule has 1 heterocycles. The van der Waals surface area contributed by atoms with Crippen molar-refractivity contribution in [3.63, 3.8) is 0 Å². The highest BCUT2D eigenvalue weighted by Gasteiger charge is 2.29. The molecule has 0 saturated carbocycles. The van der Waals surface area contributed by atoms with Gasteiger partial charge >= 0.3 is 6.18 Å². The van der Waals surface area contributed by atoms with Gasteiger partial charge in [0.15, 0.2) is 0 Å². The molecule has 0 unspecified atom stereocenters. The highest BCUT2D eigenvalue weighted by Crippen LogP contribution is 2.30. The van der Waals surface area contributed by atoms with Crippen LogP contribution in [0.15, 0.2) is 47.5 Å². The summed E-state index contributed by atoms with van der Waals surface area (Å²) < 4.78 is 40.2. The SMILES string of the molecule is CNSc1ccc(Nc2ccc(C(F)(F)F)cc2)nc1. The lowest BCUT2D eigenvalue weighted by Crippen LogP contribution is -2.04. The summed E-state index contributed by atoms with van der Waals surface area (Å²) in [6.07, 6.45) is -2.64. The summed E-state index contributed by atoms with van der Waals surface area (Å²) in [5.41, 5.74) is -0.115. The maximum atomic E-state index is 12.4. The molecule has 0 bridgehead atoms. The smallest absolute Gasteiger partial charge is 0.340 e. The Morgan fingerprint density at radius 1 is 1.05 bits per heavy atom. The highest BCUT2D eigenvalue weighted by molar-refractivity contribution is 7.97. The third-order valence-electron chi connectivity index (χ3n) is 2.44. The highest BCUT2D eigenvalue weighted by atomic mass is 32.2. The molecule has 0 radical (unpaired) electrons. The molecule has 3 nitrogen and oxygen atoms in total. The average Bonchev–Trinajstić information content (AvgIpc) is 2.41. The van der Waals surface area contributed by atoms with Crippen LogP contribution in [0.25, 0.3) is 0 Å². The molecule has 20 heavy (non-hydrogen) atoms. The summed E-state index contributed by atoms with van der Waals surface area (Å²) >= 11 is 1.43. The van der Waals surface area contributed by atoms with E-state index in [0.717, 1.165) is 17.0 Å². The average molecular weight is 299 g/mol. The van der Waals surface area contributed by atoms with Gasteiger partial charge in [-0.2, -0.15) is 13.2 Å². The number of alkyl halides is 3. The Balaban J connectivity index is 2.06. The zero-order chi connectivity index (χ0) is 14.6. The van der Waals surface area contributed by atoms with Gasteiger partial charge in [-0.25, -0.2) is 4.98 Å². The third-order valence-corrected chi connectivity index (χ3v) is 3.12. The molecular weight excluding hydrogens is 287 g/mol. The van der Waals surface area contributed by atoms with E-state index in [0.29, 0.717) is 11.5 Å². The molecular formula is C13H12F3N3S. The van der Waals surface area contributed by atoms with Crippen LogP contribution in [-0.2, 0) is 6.18 Å². The van der Waals surface area contributed by atoms with Gasteiger partial charge in [-0.05, 0) is 55.4 Å². The fraction of sp³-hybridized carbons (Fsp3) is 0.154. The van der Waals surface area contributed by atoms with Crippen LogP contribution < -0.4 is 10.0 Å². The molecule has 7 heteroatoms. The standard InChI is InChI=1S/C13H12F3N3S/c1-17-20-11-6-7-12(18-8-11)19-10-4-2-9(3-5-10)13(14,15)16/h2-8,17H,1H3,(H,18,19). The van der Waals surface area contributed by atoms with Crippen LogP contribution in [0.2, 0.25) is 0 Å². The van der Waals surface area contributed by atoms with Crippen molar-refractivity contribution in [2.75, 3.05) is 12.4 Å². The van der Waals surface area contributed by atoms with Crippen LogP contribution in [0.1, 0.15) is 5.56 Å². The number of pyridine rings is 1. The number of halogens is 3. The largest absolute Gasteiger partial charge is 0.416 e. The molecule has 0 fully saturated rings. The van der Waals surface area contributed by atoms with Gasteiger partial charge in [-0.3, -0.25) is 4.72 Å². The number of hydrogen-bond acceptors (Lipinski definition) is 4. The van der Waals surface area contributed by atoms with E-state index >= 15 is 0 Å². The quantitative estimate of drug-likeness (QED) is 0.834. The van der Waals surface area contributed by atoms with E-state index in [-0.39, 0.29) is 0 Å². The minimum absolute atomic E-state index is 0.555. The van der Waals surface area contributed by atoms with Gasteiger partial charge in [-0.15, -0.1) is 0 Å². The summed E-state index contributed by atoms with van der Waals surface area (Å²) in [4.78, 5) is 5.12. The van der Waals surface area contributed by atoms with E-state index in [9.17, 15) is 13.2 Å². The Bertz CT molecular complexity index is 553. The van der Waals surface area contributed by atoms with Gasteiger partial charge in [0.2, 0.25) is 0 Å². The van der Waals surface area contributed by atoms with Gasteiger partial charge in [0.25, 0.3) is 0 Å². The van der Waals surface area contributed by atoms with Crippen molar-refractivity contribution in [1.82, 2.24) is 9.71 Å². The van der Waals surface area contributed by atoms with Crippen molar-refractivity contribution in [2.24, 2.45) is 0 Å². The van der Waals surface area contributed by atoms with Crippen LogP contribution in [0.3, 0.4) is 0 Å². The first-order valence-corrected chi connectivity index (χ1v) is 6.54. The predicted octanol–water partition coefficient (Wildman–Crippen LogP) is 4.07. The second-order valence-corrected chi connectivity index (χ2v) is 4.97. The Morgan fingerprint density at radius 2 is 1.75 bits per heavy atom. The van der Waals surface area contributed by atoms with Gasteiger partial charge in [0.1, 0.15) is 5.82 Å². The fourth-order valence-electron chi connectivity index (χ4n) is 1.52. The summed E-state index contributed by atoms with van der Waals surface area (Å²) in [6, 6.07) is 8.45. The number of aromatic nitrogens is 1. The summed E-state index contributed by atoms with van der Waals surface area (Å²) in [5, 5.41) is 2.94. The Labute approximate surface area is 118 Å². The zero-order valence-corrected chi connectivity index (χ0v) is 11.3. The van der Waals surface area contributed by atoms with E-state index in [4.69, 9.17) is 0 Å². The first kappa shape index (κ1) is 14.7. The normalized spacial score (nSPS) is 11.4. The zero-order valence-electron chi connectivity index (χ0n) is 10.5. The molecule has 0 spiro atoms. The van der Waals surface area contributed by atoms with E-state index in [1.54, 1.807) is 19.3 Å². The molecule has 0 aliphatic rings. The number of nitrogens with one attached hydrogen (secondary N) is 2. The number of benzene rings is 1. The van der Waals surface area contributed by atoms with E-state index in [2.05, 4.69) is 15.0 Å². The van der Waals surface area contributed by atoms with Crippen LogP contribution >= 0.6 is 11.9 Å². The summed E-state index contributed by atoms with van der Waals surface area (Å²) in [6.45, 7) is 0. The molecule has 0 amide bonds. The second kappa shape index (κ2) is 6.15. The van der Waals surface area contributed by atoms with Gasteiger partial charge in [-0.1, -0.05) is 0 Å². The molecule has 0 aliphatic carbocycles. The summed E-state index contributed by atoms with van der Waals surface area (Å²) in [5.74, 6) is 0.574. The molecule has 2 N–H and O–H groups in total. The minimum atomic E-state index is -4.32. The van der Waals surface area contributed by atoms with Crippen LogP contribution in [0.4, 0.5) is 24.7 Å². The maximum Gasteiger partial charge on any atom is 0.416 e. The molecule has 0 saturated heterocycles. The molecule has 1 aromatic carbocycles. The van der Waals surface area contributed by atoms with Crippen LogP contribution in [-0.4, -0.2) is 12.0 Å². The monoisotopic (exact) mass is 299 g/mol. The Hall–Kier alpha value is -1.73. The number of hydrogen-bond donors (Lipinski definition) is 2. The number of anilines is 2. The molecule has 1 aromatic heterocycles. The topological polar surface area (TPSA) is 37.0 Å². The van der Waals surface area contributed by atoms with Gasteiger partial charge < -0.3 is 5.32 Å². The third kappa shape index (κ3) is 3.88. The lowest BCUT2D eigenvalue weighted by atomic mass is 10.2. The second-order valence-electron chi connectivity index (χ2n) is 3.89. The molecule has 2 rings (SSSR count). The molecule has 2 aromatic rings. The molecule has 0 atom stereocenters. The van der Waals surface area contributed by atoms with Crippen LogP contribution in [0.5, 0.6) is 0 Å². The maximum absolute atomic E-state index is 12.4. The first-order valence-electron chi connectivity index (χ1n) is 5.73. The van der Waals surface area contributed by atoms with E-state index in [1.165, 1.54) is 24.1 Å². The van der Waals surface area contributed by atoms with Crippen molar-refractivity contribution >= 4 is 23.5 Å². The number of rotatable bonds is 4. The van der Waals surface area contributed by atoms with Crippen molar-refractivity contribution in [3.8, 4) is 0 Å². The van der Waals surface area contributed by atoms with E-state index in [1.807, 2.05) is 6.07 Å². The van der Waals surface area contributed by atoms with Gasteiger partial charge in [0, 0.05) is 16.8 Å². The molecule has 0 aliphatic heterocycles. The fourth-order valence-corrected chi connectivity index (χ4v) is 2.00. The van der Waals surface area contributed by atoms with Crippen LogP contribution in [0, 0.1) is 0 Å². The molecule has 106 valence electrons. The van der Waals surface area contributed by atoms with Crippen molar-refractivity contribution in [3.05, 3.63) is 48.2 Å². The summed E-state index contributed by atoms with van der Waals surface area (Å²) in [7, 11) is 1.80. The predicted molar refractivity (Wildman–Crippen MR) is 73.9 cm³/mol. The van der Waals surface area contributed by atoms with E-state index < -0.39 is 11.7 Å². The lowest BCUT2D eigenvalue weighted by Gasteiger charge is -2.09. The van der Waals surface area contributed by atoms with Crippen molar-refractivity contribution in [2.45, 2.75) is 11.1 Å².